The summed E-state index contributed by atoms with van der Waals surface area (Å²) in [5.41, 5.74) is 4.24. The molecule has 2 aromatic heterocycles. The van der Waals surface area contributed by atoms with Crippen LogP contribution in [-0.2, 0) is 16.0 Å². The second-order valence-corrected chi connectivity index (χ2v) is 6.01. The van der Waals surface area contributed by atoms with Crippen LogP contribution in [0.3, 0.4) is 0 Å². The van der Waals surface area contributed by atoms with Crippen LogP contribution < -0.4 is 0 Å². The van der Waals surface area contributed by atoms with Crippen molar-refractivity contribution in [3.05, 3.63) is 47.3 Å². The molecule has 0 aliphatic carbocycles. The van der Waals surface area contributed by atoms with Gasteiger partial charge in [0, 0.05) is 11.4 Å². The minimum absolute atomic E-state index is 0.226. The van der Waals surface area contributed by atoms with Crippen molar-refractivity contribution in [2.75, 3.05) is 7.11 Å². The number of carbonyl (C=O) groups excluding carboxylic acids is 1. The molecule has 0 bridgehead atoms. The van der Waals surface area contributed by atoms with Crippen molar-refractivity contribution in [2.24, 2.45) is 0 Å². The minimum atomic E-state index is -0.226. The van der Waals surface area contributed by atoms with E-state index in [0.717, 1.165) is 20.9 Å². The molecule has 0 amide bonds. The van der Waals surface area contributed by atoms with Gasteiger partial charge in [0.15, 0.2) is 5.13 Å². The number of benzene rings is 1. The zero-order chi connectivity index (χ0) is 15.0. The van der Waals surface area contributed by atoms with Crippen molar-refractivity contribution in [1.82, 2.24) is 9.55 Å². The van der Waals surface area contributed by atoms with E-state index in [0.29, 0.717) is 6.42 Å². The van der Waals surface area contributed by atoms with Crippen LogP contribution in [-0.4, -0.2) is 22.6 Å². The van der Waals surface area contributed by atoms with Gasteiger partial charge in [0.2, 0.25) is 0 Å². The van der Waals surface area contributed by atoms with E-state index < -0.39 is 0 Å². The molecule has 0 saturated carbocycles. The first-order valence-corrected chi connectivity index (χ1v) is 7.52. The van der Waals surface area contributed by atoms with Crippen LogP contribution >= 0.6 is 11.3 Å². The number of esters is 1. The molecule has 4 nitrogen and oxygen atoms in total. The number of rotatable bonds is 3. The van der Waals surface area contributed by atoms with Gasteiger partial charge in [-0.2, -0.15) is 0 Å². The van der Waals surface area contributed by atoms with Crippen molar-refractivity contribution in [3.63, 3.8) is 0 Å². The van der Waals surface area contributed by atoms with Crippen molar-refractivity contribution >= 4 is 27.5 Å². The van der Waals surface area contributed by atoms with Gasteiger partial charge in [-0.1, -0.05) is 17.4 Å². The number of aromatic nitrogens is 2. The van der Waals surface area contributed by atoms with Crippen LogP contribution in [0.4, 0.5) is 0 Å². The number of hydrogen-bond donors (Lipinski definition) is 0. The van der Waals surface area contributed by atoms with Crippen LogP contribution in [0.15, 0.2) is 30.3 Å². The quantitative estimate of drug-likeness (QED) is 0.696. The summed E-state index contributed by atoms with van der Waals surface area (Å²) in [4.78, 5) is 16.0. The summed E-state index contributed by atoms with van der Waals surface area (Å²) in [7, 11) is 1.41. The zero-order valence-electron chi connectivity index (χ0n) is 12.2. The average molecular weight is 300 g/mol. The molecule has 0 fully saturated rings. The Morgan fingerprint density at radius 2 is 1.95 bits per heavy atom. The Morgan fingerprint density at radius 1 is 1.24 bits per heavy atom. The fourth-order valence-electron chi connectivity index (χ4n) is 2.37. The lowest BCUT2D eigenvalue weighted by Gasteiger charge is -2.03. The molecular weight excluding hydrogens is 284 g/mol. The van der Waals surface area contributed by atoms with E-state index in [2.05, 4.69) is 35.5 Å². The van der Waals surface area contributed by atoms with E-state index in [1.54, 1.807) is 11.3 Å². The summed E-state index contributed by atoms with van der Waals surface area (Å²) < 4.78 is 7.93. The molecule has 108 valence electrons. The zero-order valence-corrected chi connectivity index (χ0v) is 13.0. The minimum Gasteiger partial charge on any atom is -0.469 e. The van der Waals surface area contributed by atoms with E-state index in [4.69, 9.17) is 4.74 Å². The van der Waals surface area contributed by atoms with Crippen molar-refractivity contribution in [1.29, 1.82) is 0 Å². The largest absolute Gasteiger partial charge is 0.469 e. The lowest BCUT2D eigenvalue weighted by molar-refractivity contribution is -0.139. The molecule has 5 heteroatoms. The van der Waals surface area contributed by atoms with Gasteiger partial charge in [-0.25, -0.2) is 4.98 Å². The van der Waals surface area contributed by atoms with Crippen LogP contribution in [0.5, 0.6) is 0 Å². The molecule has 2 heterocycles. The average Bonchev–Trinajstić information content (AvgIpc) is 3.01. The molecule has 3 aromatic rings. The molecule has 0 aliphatic heterocycles. The monoisotopic (exact) mass is 300 g/mol. The SMILES string of the molecule is COC(=O)Cc1ccc2nc(-n3c(C)ccc3C)sc2c1. The van der Waals surface area contributed by atoms with Gasteiger partial charge in [0.25, 0.3) is 0 Å². The highest BCUT2D eigenvalue weighted by molar-refractivity contribution is 7.20. The highest BCUT2D eigenvalue weighted by Gasteiger charge is 2.11. The van der Waals surface area contributed by atoms with Crippen molar-refractivity contribution in [2.45, 2.75) is 20.3 Å². The second kappa shape index (κ2) is 5.33. The Bertz CT molecular complexity index is 797. The first-order chi connectivity index (χ1) is 10.1. The van der Waals surface area contributed by atoms with E-state index in [-0.39, 0.29) is 5.97 Å². The van der Waals surface area contributed by atoms with E-state index >= 15 is 0 Å². The topological polar surface area (TPSA) is 44.1 Å². The van der Waals surface area contributed by atoms with Crippen molar-refractivity contribution in [3.8, 4) is 5.13 Å². The fraction of sp³-hybridized carbons (Fsp3) is 0.250. The summed E-state index contributed by atoms with van der Waals surface area (Å²) in [5, 5.41) is 0.959. The molecule has 0 N–H and O–H groups in total. The van der Waals surface area contributed by atoms with Gasteiger partial charge in [0.05, 0.1) is 23.7 Å². The fourth-order valence-corrected chi connectivity index (χ4v) is 3.52. The van der Waals surface area contributed by atoms with Gasteiger partial charge >= 0.3 is 5.97 Å². The summed E-state index contributed by atoms with van der Waals surface area (Å²) in [6.07, 6.45) is 0.293. The van der Waals surface area contributed by atoms with Gasteiger partial charge in [-0.05, 0) is 43.7 Å². The molecule has 0 unspecified atom stereocenters. The van der Waals surface area contributed by atoms with E-state index in [1.807, 2.05) is 18.2 Å². The van der Waals surface area contributed by atoms with Crippen LogP contribution in [0, 0.1) is 13.8 Å². The van der Waals surface area contributed by atoms with E-state index in [1.165, 1.54) is 18.5 Å². The maximum absolute atomic E-state index is 11.4. The van der Waals surface area contributed by atoms with Gasteiger partial charge < -0.3 is 4.74 Å². The highest BCUT2D eigenvalue weighted by Crippen LogP contribution is 2.28. The second-order valence-electron chi connectivity index (χ2n) is 5.00. The third-order valence-electron chi connectivity index (χ3n) is 3.48. The summed E-state index contributed by atoms with van der Waals surface area (Å²) in [6, 6.07) is 10.1. The first-order valence-electron chi connectivity index (χ1n) is 6.70. The number of fused-ring (bicyclic) bond motifs is 1. The Kier molecular flexibility index (Phi) is 3.51. The Labute approximate surface area is 127 Å². The number of methoxy groups -OCH3 is 1. The summed E-state index contributed by atoms with van der Waals surface area (Å²) >= 11 is 1.63. The highest BCUT2D eigenvalue weighted by atomic mass is 32.1. The predicted molar refractivity (Wildman–Crippen MR) is 84.1 cm³/mol. The van der Waals surface area contributed by atoms with E-state index in [9.17, 15) is 4.79 Å². The molecule has 0 radical (unpaired) electrons. The molecular formula is C16H16N2O2S. The molecule has 0 aliphatic rings. The summed E-state index contributed by atoms with van der Waals surface area (Å²) in [5.74, 6) is -0.226. The van der Waals surface area contributed by atoms with Crippen molar-refractivity contribution < 1.29 is 9.53 Å². The van der Waals surface area contributed by atoms with Gasteiger partial charge in [0.1, 0.15) is 0 Å². The number of aryl methyl sites for hydroxylation is 2. The van der Waals surface area contributed by atoms with Crippen LogP contribution in [0.25, 0.3) is 15.3 Å². The van der Waals surface area contributed by atoms with Gasteiger partial charge in [-0.15, -0.1) is 0 Å². The third kappa shape index (κ3) is 2.56. The Morgan fingerprint density at radius 3 is 2.62 bits per heavy atom. The third-order valence-corrected chi connectivity index (χ3v) is 4.48. The number of thiazole rings is 1. The maximum Gasteiger partial charge on any atom is 0.309 e. The standard InChI is InChI=1S/C16H16N2O2S/c1-10-4-5-11(2)18(10)16-17-13-7-6-12(8-14(13)21-16)9-15(19)20-3/h4-8H,9H2,1-3H3. The number of hydrogen-bond acceptors (Lipinski definition) is 4. The number of carbonyl (C=O) groups is 1. The molecule has 3 rings (SSSR count). The molecule has 21 heavy (non-hydrogen) atoms. The molecule has 0 spiro atoms. The van der Waals surface area contributed by atoms with Crippen LogP contribution in [0.1, 0.15) is 17.0 Å². The normalized spacial score (nSPS) is 11.0. The molecule has 0 atom stereocenters. The molecule has 1 aromatic carbocycles. The maximum atomic E-state index is 11.4. The smallest absolute Gasteiger partial charge is 0.309 e. The first kappa shape index (κ1) is 13.8. The predicted octanol–water partition coefficient (Wildman–Crippen LogP) is 3.42. The number of ether oxygens (including phenoxy) is 1. The Hall–Kier alpha value is -2.14. The molecule has 0 saturated heterocycles. The summed E-state index contributed by atoms with van der Waals surface area (Å²) in [6.45, 7) is 4.14. The lowest BCUT2D eigenvalue weighted by atomic mass is 10.1. The van der Waals surface area contributed by atoms with Crippen LogP contribution in [0.2, 0.25) is 0 Å². The Balaban J connectivity index is 2.03. The lowest BCUT2D eigenvalue weighted by Crippen LogP contribution is -2.03. The number of nitrogens with zero attached hydrogens (tertiary/aromatic N) is 2. The van der Waals surface area contributed by atoms with Gasteiger partial charge in [-0.3, -0.25) is 9.36 Å².